The number of hydrogen-bond donors (Lipinski definition) is 2. The van der Waals surface area contributed by atoms with Gasteiger partial charge in [-0.05, 0) is 32.3 Å². The molecule has 0 aliphatic carbocycles. The molecule has 0 saturated carbocycles. The van der Waals surface area contributed by atoms with Crippen LogP contribution >= 0.6 is 0 Å². The van der Waals surface area contributed by atoms with Crippen LogP contribution in [-0.4, -0.2) is 46.4 Å². The van der Waals surface area contributed by atoms with Crippen molar-refractivity contribution in [2.24, 2.45) is 0 Å². The summed E-state index contributed by atoms with van der Waals surface area (Å²) in [6.45, 7) is 7.06. The standard InChI is InChI=1S/C19H27N5O/c1-3-20-19(25)23-11-8-17(9-12-23)22-18-7-10-21-24(18)14-16-6-4-5-15(2)13-16/h4-7,10,13,17,22H,3,8-9,11-12,14H2,1-2H3,(H,20,25). The van der Waals surface area contributed by atoms with Crippen LogP contribution in [0.25, 0.3) is 0 Å². The van der Waals surface area contributed by atoms with E-state index in [-0.39, 0.29) is 6.03 Å². The maximum atomic E-state index is 11.9. The highest BCUT2D eigenvalue weighted by Crippen LogP contribution is 2.18. The monoisotopic (exact) mass is 341 g/mol. The Bertz CT molecular complexity index is 703. The maximum Gasteiger partial charge on any atom is 0.317 e. The number of anilines is 1. The average Bonchev–Trinajstić information content (AvgIpc) is 3.02. The van der Waals surface area contributed by atoms with Crippen LogP contribution in [0.4, 0.5) is 10.6 Å². The Morgan fingerprint density at radius 2 is 2.08 bits per heavy atom. The van der Waals surface area contributed by atoms with E-state index in [9.17, 15) is 4.79 Å². The lowest BCUT2D eigenvalue weighted by molar-refractivity contribution is 0.184. The fourth-order valence-corrected chi connectivity index (χ4v) is 3.26. The van der Waals surface area contributed by atoms with Gasteiger partial charge in [-0.2, -0.15) is 5.10 Å². The molecule has 6 nitrogen and oxygen atoms in total. The molecular weight excluding hydrogens is 314 g/mol. The summed E-state index contributed by atoms with van der Waals surface area (Å²) in [6, 6.07) is 10.9. The number of hydrogen-bond acceptors (Lipinski definition) is 3. The summed E-state index contributed by atoms with van der Waals surface area (Å²) in [5, 5.41) is 10.9. The summed E-state index contributed by atoms with van der Waals surface area (Å²) in [4.78, 5) is 13.8. The molecule has 1 aliphatic heterocycles. The molecule has 2 aromatic rings. The Balaban J connectivity index is 1.56. The molecule has 0 atom stereocenters. The third-order valence-corrected chi connectivity index (χ3v) is 4.59. The van der Waals surface area contributed by atoms with Crippen molar-refractivity contribution in [3.63, 3.8) is 0 Å². The van der Waals surface area contributed by atoms with Crippen molar-refractivity contribution in [3.8, 4) is 0 Å². The number of nitrogens with one attached hydrogen (secondary N) is 2. The summed E-state index contributed by atoms with van der Waals surface area (Å²) in [7, 11) is 0. The number of nitrogens with zero attached hydrogens (tertiary/aromatic N) is 3. The van der Waals surface area contributed by atoms with Crippen LogP contribution in [-0.2, 0) is 6.54 Å². The minimum absolute atomic E-state index is 0.0467. The first-order valence-electron chi connectivity index (χ1n) is 9.02. The van der Waals surface area contributed by atoms with E-state index in [4.69, 9.17) is 0 Å². The minimum atomic E-state index is 0.0467. The Morgan fingerprint density at radius 3 is 2.80 bits per heavy atom. The van der Waals surface area contributed by atoms with Gasteiger partial charge in [0.1, 0.15) is 5.82 Å². The first-order valence-corrected chi connectivity index (χ1v) is 9.02. The van der Waals surface area contributed by atoms with Crippen molar-refractivity contribution in [3.05, 3.63) is 47.7 Å². The highest BCUT2D eigenvalue weighted by molar-refractivity contribution is 5.74. The van der Waals surface area contributed by atoms with Gasteiger partial charge in [-0.3, -0.25) is 0 Å². The Labute approximate surface area is 149 Å². The summed E-state index contributed by atoms with van der Waals surface area (Å²) >= 11 is 0. The van der Waals surface area contributed by atoms with Crippen LogP contribution < -0.4 is 10.6 Å². The molecule has 1 aliphatic rings. The maximum absolute atomic E-state index is 11.9. The highest BCUT2D eigenvalue weighted by atomic mass is 16.2. The van der Waals surface area contributed by atoms with Crippen molar-refractivity contribution >= 4 is 11.8 Å². The van der Waals surface area contributed by atoms with Crippen LogP contribution in [0.3, 0.4) is 0 Å². The van der Waals surface area contributed by atoms with Gasteiger partial charge in [-0.25, -0.2) is 9.48 Å². The van der Waals surface area contributed by atoms with E-state index in [0.29, 0.717) is 12.6 Å². The predicted molar refractivity (Wildman–Crippen MR) is 99.8 cm³/mol. The smallest absolute Gasteiger partial charge is 0.317 e. The van der Waals surface area contributed by atoms with Crippen molar-refractivity contribution in [2.75, 3.05) is 25.0 Å². The summed E-state index contributed by atoms with van der Waals surface area (Å²) in [6.07, 6.45) is 3.74. The minimum Gasteiger partial charge on any atom is -0.367 e. The van der Waals surface area contributed by atoms with E-state index < -0.39 is 0 Å². The molecule has 3 rings (SSSR count). The molecule has 134 valence electrons. The molecule has 2 amide bonds. The van der Waals surface area contributed by atoms with Gasteiger partial charge in [0.05, 0.1) is 12.7 Å². The molecule has 0 spiro atoms. The van der Waals surface area contributed by atoms with Gasteiger partial charge in [-0.15, -0.1) is 0 Å². The van der Waals surface area contributed by atoms with Crippen LogP contribution in [0.5, 0.6) is 0 Å². The lowest BCUT2D eigenvalue weighted by Gasteiger charge is -2.32. The Hall–Kier alpha value is -2.50. The molecule has 2 N–H and O–H groups in total. The number of urea groups is 1. The van der Waals surface area contributed by atoms with Crippen molar-refractivity contribution in [2.45, 2.75) is 39.3 Å². The number of aromatic nitrogens is 2. The second-order valence-electron chi connectivity index (χ2n) is 6.60. The number of amides is 2. The number of piperidine rings is 1. The molecule has 1 aromatic carbocycles. The topological polar surface area (TPSA) is 62.2 Å². The number of carbonyl (C=O) groups excluding carboxylic acids is 1. The normalized spacial score (nSPS) is 15.2. The number of rotatable bonds is 5. The van der Waals surface area contributed by atoms with Gasteiger partial charge in [0.2, 0.25) is 0 Å². The third kappa shape index (κ3) is 4.53. The molecule has 1 fully saturated rings. The second kappa shape index (κ2) is 8.05. The van der Waals surface area contributed by atoms with Crippen LogP contribution in [0.2, 0.25) is 0 Å². The molecule has 0 bridgehead atoms. The van der Waals surface area contributed by atoms with Crippen molar-refractivity contribution in [1.82, 2.24) is 20.0 Å². The van der Waals surface area contributed by atoms with E-state index in [1.165, 1.54) is 11.1 Å². The number of likely N-dealkylation sites (tertiary alicyclic amines) is 1. The third-order valence-electron chi connectivity index (χ3n) is 4.59. The first kappa shape index (κ1) is 17.3. The predicted octanol–water partition coefficient (Wildman–Crippen LogP) is 2.85. The molecule has 0 unspecified atom stereocenters. The molecule has 2 heterocycles. The zero-order valence-corrected chi connectivity index (χ0v) is 15.0. The van der Waals surface area contributed by atoms with E-state index in [0.717, 1.165) is 38.3 Å². The largest absolute Gasteiger partial charge is 0.367 e. The number of benzene rings is 1. The fourth-order valence-electron chi connectivity index (χ4n) is 3.26. The van der Waals surface area contributed by atoms with Gasteiger partial charge in [0, 0.05) is 31.7 Å². The molecule has 25 heavy (non-hydrogen) atoms. The van der Waals surface area contributed by atoms with E-state index in [1.807, 2.05) is 28.8 Å². The fraction of sp³-hybridized carbons (Fsp3) is 0.474. The quantitative estimate of drug-likeness (QED) is 0.879. The van der Waals surface area contributed by atoms with Gasteiger partial charge < -0.3 is 15.5 Å². The van der Waals surface area contributed by atoms with Crippen LogP contribution in [0.15, 0.2) is 36.5 Å². The summed E-state index contributed by atoms with van der Waals surface area (Å²) in [5.74, 6) is 1.04. The van der Waals surface area contributed by atoms with Gasteiger partial charge in [0.25, 0.3) is 0 Å². The molecule has 0 radical (unpaired) electrons. The highest BCUT2D eigenvalue weighted by Gasteiger charge is 2.22. The SMILES string of the molecule is CCNC(=O)N1CCC(Nc2ccnn2Cc2cccc(C)c2)CC1. The second-order valence-corrected chi connectivity index (χ2v) is 6.60. The zero-order chi connectivity index (χ0) is 17.6. The lowest BCUT2D eigenvalue weighted by atomic mass is 10.1. The molecular formula is C19H27N5O. The number of carbonyl (C=O) groups is 1. The summed E-state index contributed by atoms with van der Waals surface area (Å²) in [5.41, 5.74) is 2.51. The van der Waals surface area contributed by atoms with Crippen molar-refractivity contribution in [1.29, 1.82) is 0 Å². The molecule has 1 aromatic heterocycles. The van der Waals surface area contributed by atoms with E-state index in [2.05, 4.69) is 46.9 Å². The van der Waals surface area contributed by atoms with Crippen LogP contribution in [0.1, 0.15) is 30.9 Å². The van der Waals surface area contributed by atoms with Crippen LogP contribution in [0, 0.1) is 6.92 Å². The number of aryl methyl sites for hydroxylation is 1. The first-order chi connectivity index (χ1) is 12.2. The molecule has 6 heteroatoms. The average molecular weight is 341 g/mol. The Kier molecular flexibility index (Phi) is 5.58. The Morgan fingerprint density at radius 1 is 1.28 bits per heavy atom. The zero-order valence-electron chi connectivity index (χ0n) is 15.0. The lowest BCUT2D eigenvalue weighted by Crippen LogP contribution is -2.46. The molecule has 1 saturated heterocycles. The van der Waals surface area contributed by atoms with E-state index >= 15 is 0 Å². The van der Waals surface area contributed by atoms with Gasteiger partial charge in [0.15, 0.2) is 0 Å². The van der Waals surface area contributed by atoms with Crippen molar-refractivity contribution < 1.29 is 4.79 Å². The van der Waals surface area contributed by atoms with Gasteiger partial charge >= 0.3 is 6.03 Å². The summed E-state index contributed by atoms with van der Waals surface area (Å²) < 4.78 is 2.00. The van der Waals surface area contributed by atoms with Gasteiger partial charge in [-0.1, -0.05) is 29.8 Å². The van der Waals surface area contributed by atoms with E-state index in [1.54, 1.807) is 0 Å².